The van der Waals surface area contributed by atoms with E-state index in [0.717, 1.165) is 0 Å². The zero-order valence-electron chi connectivity index (χ0n) is 7.34. The third kappa shape index (κ3) is 2.11. The van der Waals surface area contributed by atoms with Gasteiger partial charge in [0.2, 0.25) is 0 Å². The van der Waals surface area contributed by atoms with Crippen molar-refractivity contribution in [1.82, 2.24) is 0 Å². The van der Waals surface area contributed by atoms with E-state index in [1.54, 1.807) is 0 Å². The molecular weight excluding hydrogens is 195 g/mol. The first-order chi connectivity index (χ1) is 6.06. The Morgan fingerprint density at radius 1 is 1.54 bits per heavy atom. The highest BCUT2D eigenvalue weighted by Crippen LogP contribution is 2.32. The molecule has 1 rings (SSSR count). The molecule has 2 nitrogen and oxygen atoms in total. The van der Waals surface area contributed by atoms with Crippen molar-refractivity contribution in [3.63, 3.8) is 0 Å². The van der Waals surface area contributed by atoms with Crippen LogP contribution in [0.25, 0.3) is 0 Å². The summed E-state index contributed by atoms with van der Waals surface area (Å²) in [5, 5.41) is 9.49. The first-order valence-corrected chi connectivity index (χ1v) is 4.15. The third-order valence-electron chi connectivity index (χ3n) is 1.70. The van der Waals surface area contributed by atoms with Gasteiger partial charge in [-0.15, -0.1) is 0 Å². The van der Waals surface area contributed by atoms with Gasteiger partial charge < -0.3 is 9.84 Å². The number of hydrogen-bond acceptors (Lipinski definition) is 2. The number of rotatable bonds is 2. The molecule has 13 heavy (non-hydrogen) atoms. The normalized spacial score (nSPS) is 12.7. The highest BCUT2D eigenvalue weighted by atomic mass is 35.5. The molecule has 0 spiro atoms. The Bertz CT molecular complexity index is 313. The molecule has 0 aliphatic heterocycles. The third-order valence-corrected chi connectivity index (χ3v) is 2.11. The Labute approximate surface area is 80.9 Å². The molecule has 1 unspecified atom stereocenters. The van der Waals surface area contributed by atoms with Crippen LogP contribution >= 0.6 is 11.6 Å². The van der Waals surface area contributed by atoms with E-state index in [1.165, 1.54) is 26.2 Å². The van der Waals surface area contributed by atoms with Crippen molar-refractivity contribution in [1.29, 1.82) is 0 Å². The summed E-state index contributed by atoms with van der Waals surface area (Å²) in [5.74, 6) is -0.241. The van der Waals surface area contributed by atoms with Crippen LogP contribution in [0.4, 0.5) is 4.39 Å². The number of methoxy groups -OCH3 is 1. The monoisotopic (exact) mass is 204 g/mol. The molecule has 0 saturated heterocycles. The molecule has 1 N–H and O–H groups in total. The molecular formula is C9H10ClFO2. The predicted octanol–water partition coefficient (Wildman–Crippen LogP) is 2.54. The lowest BCUT2D eigenvalue weighted by Crippen LogP contribution is -1.96. The van der Waals surface area contributed by atoms with E-state index in [2.05, 4.69) is 0 Å². The minimum Gasteiger partial charge on any atom is -0.495 e. The molecule has 0 fully saturated rings. The Hall–Kier alpha value is -0.800. The van der Waals surface area contributed by atoms with Gasteiger partial charge in [0.15, 0.2) is 0 Å². The van der Waals surface area contributed by atoms with Crippen molar-refractivity contribution in [3.05, 3.63) is 28.5 Å². The minimum absolute atomic E-state index is 0.234. The Kier molecular flexibility index (Phi) is 3.12. The van der Waals surface area contributed by atoms with Crippen molar-refractivity contribution in [2.45, 2.75) is 13.0 Å². The molecule has 4 heteroatoms. The van der Waals surface area contributed by atoms with Gasteiger partial charge >= 0.3 is 0 Å². The zero-order chi connectivity index (χ0) is 10.0. The first-order valence-electron chi connectivity index (χ1n) is 3.77. The number of hydrogen-bond donors (Lipinski definition) is 1. The molecule has 0 amide bonds. The van der Waals surface area contributed by atoms with Crippen molar-refractivity contribution in [2.75, 3.05) is 7.11 Å². The fourth-order valence-electron chi connectivity index (χ4n) is 1.04. The smallest absolute Gasteiger partial charge is 0.140 e. The standard InChI is InChI=1S/C9H10ClFO2/c1-5(12)7-3-6(11)4-8(13-2)9(7)10/h3-5,12H,1-2H3. The summed E-state index contributed by atoms with van der Waals surface area (Å²) in [6, 6.07) is 2.36. The van der Waals surface area contributed by atoms with Crippen molar-refractivity contribution < 1.29 is 14.2 Å². The van der Waals surface area contributed by atoms with Crippen LogP contribution in [-0.2, 0) is 0 Å². The molecule has 0 aliphatic carbocycles. The number of aliphatic hydroxyl groups is 1. The molecule has 1 aromatic carbocycles. The lowest BCUT2D eigenvalue weighted by Gasteiger charge is -2.10. The van der Waals surface area contributed by atoms with Crippen molar-refractivity contribution in [3.8, 4) is 5.75 Å². The maximum Gasteiger partial charge on any atom is 0.140 e. The van der Waals surface area contributed by atoms with E-state index in [1.807, 2.05) is 0 Å². The SMILES string of the molecule is COc1cc(F)cc(C(C)O)c1Cl. The molecule has 0 saturated carbocycles. The van der Waals surface area contributed by atoms with Gasteiger partial charge in [0.1, 0.15) is 11.6 Å². The average molecular weight is 205 g/mol. The van der Waals surface area contributed by atoms with Gasteiger partial charge in [0, 0.05) is 11.6 Å². The fourth-order valence-corrected chi connectivity index (χ4v) is 1.38. The van der Waals surface area contributed by atoms with Crippen LogP contribution in [0.5, 0.6) is 5.75 Å². The van der Waals surface area contributed by atoms with Crippen LogP contribution in [0.3, 0.4) is 0 Å². The minimum atomic E-state index is -0.808. The lowest BCUT2D eigenvalue weighted by atomic mass is 10.1. The van der Waals surface area contributed by atoms with Crippen LogP contribution in [0.1, 0.15) is 18.6 Å². The molecule has 0 bridgehead atoms. The lowest BCUT2D eigenvalue weighted by molar-refractivity contribution is 0.198. The van der Waals surface area contributed by atoms with Crippen LogP contribution in [-0.4, -0.2) is 12.2 Å². The van der Waals surface area contributed by atoms with Gasteiger partial charge in [-0.2, -0.15) is 0 Å². The van der Waals surface area contributed by atoms with Gasteiger partial charge in [0.05, 0.1) is 18.2 Å². The number of ether oxygens (including phenoxy) is 1. The number of halogens is 2. The Balaban J connectivity index is 3.27. The van der Waals surface area contributed by atoms with E-state index < -0.39 is 11.9 Å². The molecule has 0 heterocycles. The summed E-state index contributed by atoms with van der Waals surface area (Å²) in [6.07, 6.45) is -0.808. The maximum atomic E-state index is 12.9. The van der Waals surface area contributed by atoms with E-state index in [0.29, 0.717) is 5.56 Å². The predicted molar refractivity (Wildman–Crippen MR) is 48.6 cm³/mol. The topological polar surface area (TPSA) is 29.5 Å². The van der Waals surface area contributed by atoms with Crippen LogP contribution < -0.4 is 4.74 Å². The molecule has 0 radical (unpaired) electrons. The highest BCUT2D eigenvalue weighted by Gasteiger charge is 2.13. The fraction of sp³-hybridized carbons (Fsp3) is 0.333. The molecule has 1 aromatic rings. The summed E-state index contributed by atoms with van der Waals surface area (Å²) in [4.78, 5) is 0. The number of aliphatic hydroxyl groups excluding tert-OH is 1. The van der Waals surface area contributed by atoms with Crippen molar-refractivity contribution in [2.24, 2.45) is 0 Å². The second-order valence-electron chi connectivity index (χ2n) is 2.69. The van der Waals surface area contributed by atoms with E-state index in [9.17, 15) is 9.50 Å². The van der Waals surface area contributed by atoms with Crippen molar-refractivity contribution >= 4 is 11.6 Å². The molecule has 0 aromatic heterocycles. The Morgan fingerprint density at radius 2 is 2.15 bits per heavy atom. The molecule has 0 aliphatic rings. The summed E-state index contributed by atoms with van der Waals surface area (Å²) >= 11 is 5.82. The van der Waals surface area contributed by atoms with Crippen LogP contribution in [0, 0.1) is 5.82 Å². The largest absolute Gasteiger partial charge is 0.495 e. The van der Waals surface area contributed by atoms with Gasteiger partial charge in [-0.1, -0.05) is 11.6 Å². The highest BCUT2D eigenvalue weighted by molar-refractivity contribution is 6.32. The van der Waals surface area contributed by atoms with Crippen LogP contribution in [0.15, 0.2) is 12.1 Å². The molecule has 1 atom stereocenters. The second kappa shape index (κ2) is 3.94. The second-order valence-corrected chi connectivity index (χ2v) is 3.07. The quantitative estimate of drug-likeness (QED) is 0.802. The number of benzene rings is 1. The zero-order valence-corrected chi connectivity index (χ0v) is 8.10. The average Bonchev–Trinajstić information content (AvgIpc) is 2.08. The summed E-state index contributed by atoms with van der Waals surface area (Å²) in [6.45, 7) is 1.51. The molecule has 72 valence electrons. The van der Waals surface area contributed by atoms with Gasteiger partial charge in [0.25, 0.3) is 0 Å². The summed E-state index contributed by atoms with van der Waals surface area (Å²) < 4.78 is 17.7. The Morgan fingerprint density at radius 3 is 2.62 bits per heavy atom. The van der Waals surface area contributed by atoms with Gasteiger partial charge in [-0.3, -0.25) is 0 Å². The van der Waals surface area contributed by atoms with Gasteiger partial charge in [-0.05, 0) is 13.0 Å². The van der Waals surface area contributed by atoms with Crippen LogP contribution in [0.2, 0.25) is 5.02 Å². The maximum absolute atomic E-state index is 12.9. The summed E-state index contributed by atoms with van der Waals surface area (Å²) in [5.41, 5.74) is 0.332. The van der Waals surface area contributed by atoms with E-state index in [-0.39, 0.29) is 10.8 Å². The summed E-state index contributed by atoms with van der Waals surface area (Å²) in [7, 11) is 1.40. The van der Waals surface area contributed by atoms with Gasteiger partial charge in [-0.25, -0.2) is 4.39 Å². The first kappa shape index (κ1) is 10.3. The van der Waals surface area contributed by atoms with E-state index in [4.69, 9.17) is 16.3 Å². The van der Waals surface area contributed by atoms with E-state index >= 15 is 0 Å².